The highest BCUT2D eigenvalue weighted by molar-refractivity contribution is 6.46. The van der Waals surface area contributed by atoms with Crippen molar-refractivity contribution in [2.75, 3.05) is 10.2 Å². The van der Waals surface area contributed by atoms with E-state index in [1.165, 1.54) is 12.1 Å². The number of halogens is 2. The zero-order valence-electron chi connectivity index (χ0n) is 17.4. The van der Waals surface area contributed by atoms with Crippen molar-refractivity contribution in [3.63, 3.8) is 0 Å². The van der Waals surface area contributed by atoms with Crippen LogP contribution in [0.4, 0.5) is 15.8 Å². The number of nitrogens with zero attached hydrogens (tertiary/aromatic N) is 1. The van der Waals surface area contributed by atoms with Crippen LogP contribution in [0.5, 0.6) is 5.75 Å². The van der Waals surface area contributed by atoms with Crippen molar-refractivity contribution in [1.82, 2.24) is 0 Å². The van der Waals surface area contributed by atoms with Gasteiger partial charge in [-0.15, -0.1) is 0 Å². The Morgan fingerprint density at radius 3 is 2.25 bits per heavy atom. The molecule has 0 unspecified atom stereocenters. The first kappa shape index (κ1) is 21.6. The maximum atomic E-state index is 13.6. The molecule has 3 aromatic carbocycles. The molecule has 0 radical (unpaired) electrons. The minimum Gasteiger partial charge on any atom is -0.491 e. The third-order valence-electron chi connectivity index (χ3n) is 4.80. The number of amides is 2. The Labute approximate surface area is 190 Å². The molecule has 0 saturated heterocycles. The molecule has 0 saturated carbocycles. The molecule has 32 heavy (non-hydrogen) atoms. The Morgan fingerprint density at radius 2 is 1.62 bits per heavy atom. The van der Waals surface area contributed by atoms with Crippen molar-refractivity contribution in [3.8, 4) is 5.75 Å². The normalized spacial score (nSPS) is 13.8. The van der Waals surface area contributed by atoms with Crippen LogP contribution < -0.4 is 15.0 Å². The molecule has 1 aliphatic heterocycles. The van der Waals surface area contributed by atoms with Gasteiger partial charge in [-0.1, -0.05) is 41.9 Å². The van der Waals surface area contributed by atoms with Gasteiger partial charge in [0.15, 0.2) is 0 Å². The Morgan fingerprint density at radius 1 is 0.938 bits per heavy atom. The average molecular weight is 451 g/mol. The maximum absolute atomic E-state index is 13.6. The van der Waals surface area contributed by atoms with Gasteiger partial charge >= 0.3 is 0 Å². The van der Waals surface area contributed by atoms with Crippen LogP contribution in [-0.2, 0) is 9.59 Å². The summed E-state index contributed by atoms with van der Waals surface area (Å²) in [6.45, 7) is 3.87. The van der Waals surface area contributed by atoms with Gasteiger partial charge in [0.25, 0.3) is 11.8 Å². The molecule has 162 valence electrons. The summed E-state index contributed by atoms with van der Waals surface area (Å²) in [6, 6.07) is 19.7. The summed E-state index contributed by atoms with van der Waals surface area (Å²) in [6.07, 6.45) is 0.0336. The molecule has 1 aliphatic rings. The molecule has 4 rings (SSSR count). The fourth-order valence-electron chi connectivity index (χ4n) is 3.41. The monoisotopic (exact) mass is 450 g/mol. The summed E-state index contributed by atoms with van der Waals surface area (Å²) in [5.74, 6) is -1.02. The summed E-state index contributed by atoms with van der Waals surface area (Å²) in [5, 5.41) is 2.91. The molecule has 2 amide bonds. The Kier molecular flexibility index (Phi) is 5.97. The maximum Gasteiger partial charge on any atom is 0.282 e. The van der Waals surface area contributed by atoms with Crippen LogP contribution in [0.25, 0.3) is 5.57 Å². The quantitative estimate of drug-likeness (QED) is 0.492. The lowest BCUT2D eigenvalue weighted by atomic mass is 10.0. The van der Waals surface area contributed by atoms with Crippen molar-refractivity contribution in [2.24, 2.45) is 0 Å². The summed E-state index contributed by atoms with van der Waals surface area (Å²) < 4.78 is 19.3. The first-order chi connectivity index (χ1) is 15.3. The average Bonchev–Trinajstić information content (AvgIpc) is 3.01. The zero-order valence-corrected chi connectivity index (χ0v) is 18.2. The number of carbonyl (C=O) groups excluding carboxylic acids is 2. The Balaban J connectivity index is 1.73. The summed E-state index contributed by atoms with van der Waals surface area (Å²) in [5.41, 5.74) is 1.74. The van der Waals surface area contributed by atoms with E-state index in [1.54, 1.807) is 48.5 Å². The highest BCUT2D eigenvalue weighted by atomic mass is 35.5. The summed E-state index contributed by atoms with van der Waals surface area (Å²) in [7, 11) is 0. The van der Waals surface area contributed by atoms with Gasteiger partial charge in [-0.2, -0.15) is 0 Å². The van der Waals surface area contributed by atoms with E-state index in [2.05, 4.69) is 5.32 Å². The molecule has 3 aromatic rings. The number of ether oxygens (including phenoxy) is 1. The Hall–Kier alpha value is -3.64. The van der Waals surface area contributed by atoms with E-state index in [-0.39, 0.29) is 28.1 Å². The van der Waals surface area contributed by atoms with Gasteiger partial charge in [0.05, 0.1) is 22.4 Å². The first-order valence-corrected chi connectivity index (χ1v) is 10.4. The van der Waals surface area contributed by atoms with Gasteiger partial charge in [0.2, 0.25) is 0 Å². The van der Waals surface area contributed by atoms with E-state index in [4.69, 9.17) is 16.3 Å². The summed E-state index contributed by atoms with van der Waals surface area (Å²) in [4.78, 5) is 27.7. The smallest absolute Gasteiger partial charge is 0.282 e. The number of hydrogen-bond acceptors (Lipinski definition) is 4. The number of carbonyl (C=O) groups is 2. The minimum atomic E-state index is -0.632. The summed E-state index contributed by atoms with van der Waals surface area (Å²) >= 11 is 5.89. The fraction of sp³-hybridized carbons (Fsp3) is 0.120. The lowest BCUT2D eigenvalue weighted by Gasteiger charge is -2.16. The second-order valence-electron chi connectivity index (χ2n) is 7.48. The number of hydrogen-bond donors (Lipinski definition) is 1. The van der Waals surface area contributed by atoms with Crippen LogP contribution in [0.15, 0.2) is 78.5 Å². The van der Waals surface area contributed by atoms with Gasteiger partial charge in [-0.25, -0.2) is 9.29 Å². The van der Waals surface area contributed by atoms with Crippen LogP contribution in [0, 0.1) is 5.82 Å². The van der Waals surface area contributed by atoms with Gasteiger partial charge in [-0.3, -0.25) is 9.59 Å². The predicted molar refractivity (Wildman–Crippen MR) is 123 cm³/mol. The van der Waals surface area contributed by atoms with Crippen LogP contribution in [0.2, 0.25) is 5.02 Å². The van der Waals surface area contributed by atoms with Crippen molar-refractivity contribution in [1.29, 1.82) is 0 Å². The zero-order chi connectivity index (χ0) is 22.8. The van der Waals surface area contributed by atoms with Gasteiger partial charge in [0, 0.05) is 5.69 Å². The standard InChI is InChI=1S/C25H20ClFN2O3/c1-15(2)32-19-11-8-17(9-12-19)28-23-22(16-6-4-3-5-7-16)24(30)29(25(23)31)18-10-13-21(27)20(26)14-18/h3-15,28H,1-2H3. The van der Waals surface area contributed by atoms with Crippen molar-refractivity contribution in [3.05, 3.63) is 94.9 Å². The largest absolute Gasteiger partial charge is 0.491 e. The molecule has 1 heterocycles. The van der Waals surface area contributed by atoms with Crippen LogP contribution in [-0.4, -0.2) is 17.9 Å². The Bertz CT molecular complexity index is 1210. The number of anilines is 2. The second-order valence-corrected chi connectivity index (χ2v) is 7.88. The minimum absolute atomic E-state index is 0.0336. The fourth-order valence-corrected chi connectivity index (χ4v) is 3.59. The molecule has 7 heteroatoms. The van der Waals surface area contributed by atoms with E-state index in [0.29, 0.717) is 17.0 Å². The molecular formula is C25H20ClFN2O3. The molecule has 0 aliphatic carbocycles. The lowest BCUT2D eigenvalue weighted by Crippen LogP contribution is -2.32. The third kappa shape index (κ3) is 4.22. The molecule has 0 atom stereocenters. The van der Waals surface area contributed by atoms with E-state index >= 15 is 0 Å². The molecule has 0 spiro atoms. The number of benzene rings is 3. The van der Waals surface area contributed by atoms with E-state index in [9.17, 15) is 14.0 Å². The van der Waals surface area contributed by atoms with Gasteiger partial charge in [0.1, 0.15) is 17.3 Å². The van der Waals surface area contributed by atoms with Crippen molar-refractivity contribution >= 4 is 40.4 Å². The molecule has 5 nitrogen and oxygen atoms in total. The molecule has 0 fully saturated rings. The highest BCUT2D eigenvalue weighted by Crippen LogP contribution is 2.35. The van der Waals surface area contributed by atoms with Crippen LogP contribution in [0.1, 0.15) is 19.4 Å². The molecule has 0 bridgehead atoms. The molecule has 0 aromatic heterocycles. The predicted octanol–water partition coefficient (Wildman–Crippen LogP) is 5.66. The van der Waals surface area contributed by atoms with Crippen LogP contribution in [0.3, 0.4) is 0 Å². The highest BCUT2D eigenvalue weighted by Gasteiger charge is 2.40. The van der Waals surface area contributed by atoms with Crippen LogP contribution >= 0.6 is 11.6 Å². The molecule has 1 N–H and O–H groups in total. The number of imide groups is 1. The lowest BCUT2D eigenvalue weighted by molar-refractivity contribution is -0.120. The number of nitrogens with one attached hydrogen (secondary N) is 1. The van der Waals surface area contributed by atoms with Crippen molar-refractivity contribution < 1.29 is 18.7 Å². The van der Waals surface area contributed by atoms with E-state index in [1.807, 2.05) is 19.9 Å². The van der Waals surface area contributed by atoms with Gasteiger partial charge < -0.3 is 10.1 Å². The first-order valence-electron chi connectivity index (χ1n) is 10.0. The second kappa shape index (κ2) is 8.85. The third-order valence-corrected chi connectivity index (χ3v) is 5.09. The molecular weight excluding hydrogens is 431 g/mol. The SMILES string of the molecule is CC(C)Oc1ccc(NC2=C(c3ccccc3)C(=O)N(c3ccc(F)c(Cl)c3)C2=O)cc1. The topological polar surface area (TPSA) is 58.6 Å². The number of rotatable bonds is 6. The van der Waals surface area contributed by atoms with Crippen molar-refractivity contribution in [2.45, 2.75) is 20.0 Å². The van der Waals surface area contributed by atoms with E-state index < -0.39 is 17.6 Å². The van der Waals surface area contributed by atoms with Gasteiger partial charge in [-0.05, 0) is 61.9 Å². The van der Waals surface area contributed by atoms with E-state index in [0.717, 1.165) is 11.0 Å².